The van der Waals surface area contributed by atoms with E-state index in [0.717, 1.165) is 0 Å². The standard InChI is InChI=1S/C10H12N2O3/c1-6-5-12(10(14)11-9(6)13)8-4-3-7(2)15-8/h3-5,7-8H,1-2H3,(H,11,13,14). The molecule has 0 saturated carbocycles. The molecule has 0 saturated heterocycles. The van der Waals surface area contributed by atoms with E-state index in [9.17, 15) is 9.59 Å². The minimum atomic E-state index is -0.450. The number of hydrogen-bond acceptors (Lipinski definition) is 3. The Morgan fingerprint density at radius 1 is 1.40 bits per heavy atom. The molecule has 5 nitrogen and oxygen atoms in total. The van der Waals surface area contributed by atoms with Gasteiger partial charge < -0.3 is 4.74 Å². The monoisotopic (exact) mass is 208 g/mol. The van der Waals surface area contributed by atoms with E-state index in [-0.39, 0.29) is 11.7 Å². The fraction of sp³-hybridized carbons (Fsp3) is 0.400. The van der Waals surface area contributed by atoms with Gasteiger partial charge in [-0.05, 0) is 19.9 Å². The first-order valence-corrected chi connectivity index (χ1v) is 4.74. The molecule has 0 radical (unpaired) electrons. The van der Waals surface area contributed by atoms with Crippen LogP contribution in [0.3, 0.4) is 0 Å². The molecule has 2 atom stereocenters. The molecule has 1 aliphatic heterocycles. The van der Waals surface area contributed by atoms with E-state index in [1.165, 1.54) is 10.8 Å². The molecule has 0 fully saturated rings. The van der Waals surface area contributed by atoms with E-state index in [1.807, 2.05) is 13.0 Å². The van der Waals surface area contributed by atoms with Crippen molar-refractivity contribution in [3.05, 3.63) is 44.8 Å². The Kier molecular flexibility index (Phi) is 2.32. The van der Waals surface area contributed by atoms with Crippen LogP contribution in [0.5, 0.6) is 0 Å². The molecule has 2 rings (SSSR count). The molecule has 0 amide bonds. The number of rotatable bonds is 1. The van der Waals surface area contributed by atoms with Crippen molar-refractivity contribution in [1.82, 2.24) is 9.55 Å². The number of aromatic amines is 1. The van der Waals surface area contributed by atoms with Gasteiger partial charge in [-0.25, -0.2) is 4.79 Å². The summed E-state index contributed by atoms with van der Waals surface area (Å²) in [5, 5.41) is 0. The predicted octanol–water partition coefficient (Wildman–Crippen LogP) is 0.319. The van der Waals surface area contributed by atoms with Crippen molar-refractivity contribution in [1.29, 1.82) is 0 Å². The Morgan fingerprint density at radius 2 is 2.13 bits per heavy atom. The third-order valence-electron chi connectivity index (χ3n) is 2.32. The molecule has 0 bridgehead atoms. The molecule has 2 unspecified atom stereocenters. The first-order chi connectivity index (χ1) is 7.08. The number of ether oxygens (including phenoxy) is 1. The summed E-state index contributed by atoms with van der Waals surface area (Å²) >= 11 is 0. The van der Waals surface area contributed by atoms with Crippen LogP contribution in [0.1, 0.15) is 18.7 Å². The highest BCUT2D eigenvalue weighted by atomic mass is 16.5. The normalized spacial score (nSPS) is 24.7. The Hall–Kier alpha value is -1.62. The first-order valence-electron chi connectivity index (χ1n) is 4.74. The van der Waals surface area contributed by atoms with E-state index in [4.69, 9.17) is 4.74 Å². The van der Waals surface area contributed by atoms with Crippen LogP contribution >= 0.6 is 0 Å². The van der Waals surface area contributed by atoms with Gasteiger partial charge in [0.2, 0.25) is 0 Å². The average Bonchev–Trinajstić information content (AvgIpc) is 2.58. The molecule has 1 aromatic heterocycles. The third kappa shape index (κ3) is 1.78. The molecule has 5 heteroatoms. The maximum Gasteiger partial charge on any atom is 0.330 e. The van der Waals surface area contributed by atoms with Crippen LogP contribution in [-0.4, -0.2) is 15.7 Å². The van der Waals surface area contributed by atoms with Crippen LogP contribution in [0, 0.1) is 6.92 Å². The zero-order chi connectivity index (χ0) is 11.0. The van der Waals surface area contributed by atoms with Gasteiger partial charge in [0.05, 0.1) is 6.10 Å². The zero-order valence-corrected chi connectivity index (χ0v) is 8.56. The van der Waals surface area contributed by atoms with Crippen molar-refractivity contribution in [3.8, 4) is 0 Å². The second-order valence-corrected chi connectivity index (χ2v) is 3.60. The Morgan fingerprint density at radius 3 is 2.73 bits per heavy atom. The van der Waals surface area contributed by atoms with Crippen molar-refractivity contribution < 1.29 is 4.74 Å². The van der Waals surface area contributed by atoms with Gasteiger partial charge >= 0.3 is 5.69 Å². The lowest BCUT2D eigenvalue weighted by molar-refractivity contribution is 0.0243. The fourth-order valence-electron chi connectivity index (χ4n) is 1.50. The lowest BCUT2D eigenvalue weighted by Gasteiger charge is -2.13. The number of hydrogen-bond donors (Lipinski definition) is 1. The van der Waals surface area contributed by atoms with E-state index in [0.29, 0.717) is 5.56 Å². The summed E-state index contributed by atoms with van der Waals surface area (Å²) in [5.41, 5.74) is -0.313. The minimum Gasteiger partial charge on any atom is -0.347 e. The molecule has 2 heterocycles. The van der Waals surface area contributed by atoms with Crippen molar-refractivity contribution in [2.75, 3.05) is 0 Å². The number of nitrogens with zero attached hydrogens (tertiary/aromatic N) is 1. The minimum absolute atomic E-state index is 0.00543. The van der Waals surface area contributed by atoms with Crippen LogP contribution in [-0.2, 0) is 4.74 Å². The molecule has 80 valence electrons. The van der Waals surface area contributed by atoms with Gasteiger partial charge in [0.1, 0.15) is 0 Å². The summed E-state index contributed by atoms with van der Waals surface area (Å²) in [6.45, 7) is 3.54. The van der Waals surface area contributed by atoms with Crippen LogP contribution in [0.2, 0.25) is 0 Å². The number of aryl methyl sites for hydroxylation is 1. The fourth-order valence-corrected chi connectivity index (χ4v) is 1.50. The van der Waals surface area contributed by atoms with Gasteiger partial charge in [0.15, 0.2) is 6.23 Å². The molecule has 1 aliphatic rings. The summed E-state index contributed by atoms with van der Waals surface area (Å²) < 4.78 is 6.82. The zero-order valence-electron chi connectivity index (χ0n) is 8.56. The number of nitrogens with one attached hydrogen (secondary N) is 1. The highest BCUT2D eigenvalue weighted by Crippen LogP contribution is 2.18. The average molecular weight is 208 g/mol. The van der Waals surface area contributed by atoms with Gasteiger partial charge in [0.25, 0.3) is 5.56 Å². The largest absolute Gasteiger partial charge is 0.347 e. The van der Waals surface area contributed by atoms with Gasteiger partial charge in [0, 0.05) is 11.8 Å². The molecule has 15 heavy (non-hydrogen) atoms. The third-order valence-corrected chi connectivity index (χ3v) is 2.32. The van der Waals surface area contributed by atoms with Crippen molar-refractivity contribution in [2.45, 2.75) is 26.2 Å². The van der Waals surface area contributed by atoms with Crippen LogP contribution < -0.4 is 11.2 Å². The molecular weight excluding hydrogens is 196 g/mol. The SMILES string of the molecule is Cc1cn(C2C=CC(C)O2)c(=O)[nH]c1=O. The second-order valence-electron chi connectivity index (χ2n) is 3.60. The van der Waals surface area contributed by atoms with Gasteiger partial charge in [-0.3, -0.25) is 14.3 Å². The topological polar surface area (TPSA) is 64.1 Å². The maximum atomic E-state index is 11.5. The number of H-pyrrole nitrogens is 1. The second kappa shape index (κ2) is 3.51. The highest BCUT2D eigenvalue weighted by Gasteiger charge is 2.18. The lowest BCUT2D eigenvalue weighted by Crippen LogP contribution is -2.33. The molecule has 0 aliphatic carbocycles. The quantitative estimate of drug-likeness (QED) is 0.676. The maximum absolute atomic E-state index is 11.5. The summed E-state index contributed by atoms with van der Waals surface area (Å²) in [6.07, 6.45) is 4.76. The Bertz CT molecular complexity index is 512. The van der Waals surface area contributed by atoms with Crippen molar-refractivity contribution >= 4 is 0 Å². The van der Waals surface area contributed by atoms with Crippen LogP contribution in [0.4, 0.5) is 0 Å². The molecule has 1 aromatic rings. The molecule has 0 aromatic carbocycles. The van der Waals surface area contributed by atoms with Gasteiger partial charge in [-0.1, -0.05) is 6.08 Å². The summed E-state index contributed by atoms with van der Waals surface area (Å²) in [4.78, 5) is 24.9. The van der Waals surface area contributed by atoms with Crippen LogP contribution in [0.25, 0.3) is 0 Å². The predicted molar refractivity (Wildman–Crippen MR) is 54.8 cm³/mol. The van der Waals surface area contributed by atoms with E-state index < -0.39 is 11.9 Å². The molecular formula is C10H12N2O3. The lowest BCUT2D eigenvalue weighted by atomic mass is 10.3. The van der Waals surface area contributed by atoms with E-state index >= 15 is 0 Å². The Labute approximate surface area is 86.0 Å². The van der Waals surface area contributed by atoms with Crippen molar-refractivity contribution in [3.63, 3.8) is 0 Å². The van der Waals surface area contributed by atoms with Gasteiger partial charge in [-0.15, -0.1) is 0 Å². The van der Waals surface area contributed by atoms with E-state index in [1.54, 1.807) is 13.0 Å². The summed E-state index contributed by atoms with van der Waals surface area (Å²) in [7, 11) is 0. The summed E-state index contributed by atoms with van der Waals surface area (Å²) in [6, 6.07) is 0. The smallest absolute Gasteiger partial charge is 0.330 e. The van der Waals surface area contributed by atoms with Gasteiger partial charge in [-0.2, -0.15) is 0 Å². The highest BCUT2D eigenvalue weighted by molar-refractivity contribution is 5.05. The molecule has 1 N–H and O–H groups in total. The van der Waals surface area contributed by atoms with Crippen molar-refractivity contribution in [2.24, 2.45) is 0 Å². The van der Waals surface area contributed by atoms with Crippen LogP contribution in [0.15, 0.2) is 27.9 Å². The molecule has 0 spiro atoms. The number of aromatic nitrogens is 2. The van der Waals surface area contributed by atoms with E-state index in [2.05, 4.69) is 4.98 Å². The Balaban J connectivity index is 2.46. The summed E-state index contributed by atoms with van der Waals surface area (Å²) in [5.74, 6) is 0. The first kappa shape index (κ1) is 9.92.